The normalized spacial score (nSPS) is 12.3. The molecule has 3 rings (SSSR count). The molecule has 0 aliphatic carbocycles. The van der Waals surface area contributed by atoms with Gasteiger partial charge in [-0.25, -0.2) is 26.6 Å². The third-order valence-corrected chi connectivity index (χ3v) is 5.63. The van der Waals surface area contributed by atoms with Crippen molar-refractivity contribution in [3.05, 3.63) is 64.5 Å². The van der Waals surface area contributed by atoms with E-state index in [1.165, 1.54) is 24.3 Å². The number of imidazole rings is 1. The third kappa shape index (κ3) is 3.63. The van der Waals surface area contributed by atoms with E-state index in [0.29, 0.717) is 0 Å². The molecule has 2 aromatic carbocycles. The molecule has 0 amide bonds. The van der Waals surface area contributed by atoms with Gasteiger partial charge in [0.05, 0.1) is 16.3 Å². The summed E-state index contributed by atoms with van der Waals surface area (Å²) < 4.78 is 89.8. The second-order valence-electron chi connectivity index (χ2n) is 5.94. The van der Waals surface area contributed by atoms with Gasteiger partial charge in [0.15, 0.2) is 0 Å². The lowest BCUT2D eigenvalue weighted by Crippen LogP contribution is -2.37. The Bertz CT molecular complexity index is 1190. The molecule has 13 heteroatoms. The Labute approximate surface area is 165 Å². The number of hydrogen-bond donors (Lipinski definition) is 1. The maximum Gasteiger partial charge on any atom is 0.411 e. The van der Waals surface area contributed by atoms with Crippen molar-refractivity contribution in [1.82, 2.24) is 9.97 Å². The number of rotatable bonds is 6. The zero-order chi connectivity index (χ0) is 22.3. The van der Waals surface area contributed by atoms with E-state index in [1.807, 2.05) is 0 Å². The third-order valence-electron chi connectivity index (χ3n) is 4.03. The van der Waals surface area contributed by atoms with E-state index in [4.69, 9.17) is 0 Å². The number of nitrogens with one attached hydrogen (secondary N) is 1. The van der Waals surface area contributed by atoms with Crippen LogP contribution in [0.15, 0.2) is 53.7 Å². The lowest BCUT2D eigenvalue weighted by molar-refractivity contribution is -0.384. The average molecular weight is 447 g/mol. The molecular weight excluding hydrogens is 437 g/mol. The Morgan fingerprint density at radius 2 is 1.53 bits per heavy atom. The lowest BCUT2D eigenvalue weighted by atomic mass is 10.0. The van der Waals surface area contributed by atoms with Gasteiger partial charge in [-0.05, 0) is 36.4 Å². The standard InChI is InChI=1S/C17H10F5N3O4S/c18-11-5-1-9(2-6-11)13-14(10-3-7-12(8-4-10)25(26)27)24-16(23-13)30(28,29)17(21,22)15(19)20/h1-8,15H,(H,23,24). The van der Waals surface area contributed by atoms with Gasteiger partial charge in [-0.2, -0.15) is 8.78 Å². The second-order valence-corrected chi connectivity index (χ2v) is 7.88. The molecule has 0 unspecified atom stereocenters. The topological polar surface area (TPSA) is 106 Å². The minimum atomic E-state index is -5.92. The quantitative estimate of drug-likeness (QED) is 0.342. The van der Waals surface area contributed by atoms with Gasteiger partial charge in [0, 0.05) is 23.3 Å². The maximum atomic E-state index is 13.6. The van der Waals surface area contributed by atoms with Crippen LogP contribution in [0.25, 0.3) is 22.5 Å². The molecule has 30 heavy (non-hydrogen) atoms. The molecule has 0 atom stereocenters. The first-order chi connectivity index (χ1) is 13.9. The van der Waals surface area contributed by atoms with Crippen LogP contribution in [0.1, 0.15) is 0 Å². The highest BCUT2D eigenvalue weighted by Gasteiger charge is 2.56. The molecule has 158 valence electrons. The van der Waals surface area contributed by atoms with Crippen LogP contribution in [0.5, 0.6) is 0 Å². The monoisotopic (exact) mass is 447 g/mol. The molecule has 0 saturated carbocycles. The summed E-state index contributed by atoms with van der Waals surface area (Å²) in [5, 5.41) is 3.95. The van der Waals surface area contributed by atoms with Crippen LogP contribution in [0.3, 0.4) is 0 Å². The number of aromatic amines is 1. The zero-order valence-electron chi connectivity index (χ0n) is 14.5. The van der Waals surface area contributed by atoms with E-state index in [9.17, 15) is 40.5 Å². The van der Waals surface area contributed by atoms with Crippen molar-refractivity contribution in [2.75, 3.05) is 0 Å². The lowest BCUT2D eigenvalue weighted by Gasteiger charge is -2.13. The van der Waals surface area contributed by atoms with Crippen molar-refractivity contribution in [2.45, 2.75) is 16.8 Å². The number of halogens is 5. The summed E-state index contributed by atoms with van der Waals surface area (Å²) in [6, 6.07) is 8.81. The van der Waals surface area contributed by atoms with Crippen molar-refractivity contribution in [2.24, 2.45) is 0 Å². The zero-order valence-corrected chi connectivity index (χ0v) is 15.3. The van der Waals surface area contributed by atoms with Crippen LogP contribution in [0, 0.1) is 15.9 Å². The first-order valence-corrected chi connectivity index (χ1v) is 9.45. The minimum Gasteiger partial charge on any atom is -0.328 e. The van der Waals surface area contributed by atoms with E-state index in [-0.39, 0.29) is 28.2 Å². The number of sulfone groups is 1. The minimum absolute atomic E-state index is 0.0859. The maximum absolute atomic E-state index is 13.6. The predicted molar refractivity (Wildman–Crippen MR) is 94.2 cm³/mol. The largest absolute Gasteiger partial charge is 0.411 e. The summed E-state index contributed by atoms with van der Waals surface area (Å²) >= 11 is 0. The fourth-order valence-electron chi connectivity index (χ4n) is 2.50. The molecule has 0 fully saturated rings. The Balaban J connectivity index is 2.22. The number of nitro groups is 1. The molecule has 1 N–H and O–H groups in total. The SMILES string of the molecule is O=[N+]([O-])c1ccc(-c2[nH]c(S(=O)(=O)C(F)(F)C(F)F)nc2-c2ccc(F)cc2)cc1. The average Bonchev–Trinajstić information content (AvgIpc) is 3.14. The van der Waals surface area contributed by atoms with Crippen LogP contribution < -0.4 is 0 Å². The molecule has 7 nitrogen and oxygen atoms in total. The molecule has 0 radical (unpaired) electrons. The highest BCUT2D eigenvalue weighted by molar-refractivity contribution is 7.92. The number of alkyl halides is 4. The van der Waals surface area contributed by atoms with Gasteiger partial charge < -0.3 is 4.98 Å². The number of aromatic nitrogens is 2. The Morgan fingerprint density at radius 3 is 2.03 bits per heavy atom. The van der Waals surface area contributed by atoms with Gasteiger partial charge in [0.2, 0.25) is 5.16 Å². The molecule has 3 aromatic rings. The van der Waals surface area contributed by atoms with Gasteiger partial charge >= 0.3 is 11.7 Å². The van der Waals surface area contributed by atoms with Crippen molar-refractivity contribution in [3.8, 4) is 22.5 Å². The number of nitro benzene ring substituents is 1. The molecule has 0 bridgehead atoms. The van der Waals surface area contributed by atoms with E-state index in [1.54, 1.807) is 0 Å². The number of benzene rings is 2. The van der Waals surface area contributed by atoms with E-state index < -0.39 is 37.4 Å². The van der Waals surface area contributed by atoms with E-state index >= 15 is 0 Å². The number of H-pyrrole nitrogens is 1. The molecule has 1 heterocycles. The van der Waals surface area contributed by atoms with Crippen molar-refractivity contribution < 1.29 is 35.3 Å². The molecule has 0 spiro atoms. The molecule has 0 aliphatic rings. The van der Waals surface area contributed by atoms with Crippen LogP contribution >= 0.6 is 0 Å². The van der Waals surface area contributed by atoms with Gasteiger partial charge in [-0.15, -0.1) is 0 Å². The van der Waals surface area contributed by atoms with Gasteiger partial charge in [0.25, 0.3) is 15.5 Å². The van der Waals surface area contributed by atoms with Crippen LogP contribution in [0.2, 0.25) is 0 Å². The van der Waals surface area contributed by atoms with Gasteiger partial charge in [-0.3, -0.25) is 10.1 Å². The highest BCUT2D eigenvalue weighted by atomic mass is 32.2. The Morgan fingerprint density at radius 1 is 1.00 bits per heavy atom. The second kappa shape index (κ2) is 7.48. The van der Waals surface area contributed by atoms with Crippen molar-refractivity contribution in [1.29, 1.82) is 0 Å². The van der Waals surface area contributed by atoms with Crippen molar-refractivity contribution in [3.63, 3.8) is 0 Å². The summed E-state index contributed by atoms with van der Waals surface area (Å²) in [7, 11) is -5.92. The fraction of sp³-hybridized carbons (Fsp3) is 0.118. The van der Waals surface area contributed by atoms with Crippen LogP contribution in [0.4, 0.5) is 27.6 Å². The van der Waals surface area contributed by atoms with Gasteiger partial charge in [-0.1, -0.05) is 0 Å². The fourth-order valence-corrected chi connectivity index (χ4v) is 3.44. The van der Waals surface area contributed by atoms with Crippen LogP contribution in [-0.4, -0.2) is 35.0 Å². The summed E-state index contributed by atoms with van der Waals surface area (Å²) in [6.07, 6.45) is -4.51. The predicted octanol–water partition coefficient (Wildman–Crippen LogP) is 4.42. The van der Waals surface area contributed by atoms with Gasteiger partial charge in [0.1, 0.15) is 5.82 Å². The first-order valence-electron chi connectivity index (χ1n) is 7.96. The van der Waals surface area contributed by atoms with E-state index in [0.717, 1.165) is 24.3 Å². The Kier molecular flexibility index (Phi) is 5.33. The van der Waals surface area contributed by atoms with E-state index in [2.05, 4.69) is 9.97 Å². The summed E-state index contributed by atoms with van der Waals surface area (Å²) in [5.41, 5.74) is -0.580. The first kappa shape index (κ1) is 21.4. The molecule has 0 saturated heterocycles. The number of nitrogens with zero attached hydrogens (tertiary/aromatic N) is 2. The highest BCUT2D eigenvalue weighted by Crippen LogP contribution is 2.37. The van der Waals surface area contributed by atoms with Crippen molar-refractivity contribution >= 4 is 15.5 Å². The molecule has 0 aliphatic heterocycles. The smallest absolute Gasteiger partial charge is 0.328 e. The number of hydrogen-bond acceptors (Lipinski definition) is 5. The molecule has 1 aromatic heterocycles. The van der Waals surface area contributed by atoms with Crippen LogP contribution in [-0.2, 0) is 9.84 Å². The summed E-state index contributed by atoms with van der Waals surface area (Å²) in [6.45, 7) is 0. The summed E-state index contributed by atoms with van der Waals surface area (Å²) in [4.78, 5) is 15.7. The Hall–Kier alpha value is -3.35. The number of non-ortho nitro benzene ring substituents is 1. The molecular formula is C17H10F5N3O4S. The summed E-state index contributed by atoms with van der Waals surface area (Å²) in [5.74, 6) is -0.650.